The molecule has 0 radical (unpaired) electrons. The first-order chi connectivity index (χ1) is 7.50. The van der Waals surface area contributed by atoms with Crippen LogP contribution in [-0.2, 0) is 25.8 Å². The van der Waals surface area contributed by atoms with E-state index in [4.69, 9.17) is 0 Å². The summed E-state index contributed by atoms with van der Waals surface area (Å²) in [4.78, 5) is 0. The summed E-state index contributed by atoms with van der Waals surface area (Å²) in [6.07, 6.45) is 20.0. The first-order valence-corrected chi connectivity index (χ1v) is 5.71. The van der Waals surface area contributed by atoms with Gasteiger partial charge in [0.15, 0.2) is 0 Å². The van der Waals surface area contributed by atoms with Crippen molar-refractivity contribution in [3.63, 3.8) is 0 Å². The zero-order valence-corrected chi connectivity index (χ0v) is 14.6. The van der Waals surface area contributed by atoms with Gasteiger partial charge >= 0.3 is 25.8 Å². The van der Waals surface area contributed by atoms with Gasteiger partial charge in [-0.3, -0.25) is 12.2 Å². The van der Waals surface area contributed by atoms with E-state index in [9.17, 15) is 0 Å². The maximum absolute atomic E-state index is 2.99. The van der Waals surface area contributed by atoms with Gasteiger partial charge in [-0.05, 0) is 0 Å². The van der Waals surface area contributed by atoms with Gasteiger partial charge in [0.1, 0.15) is 0 Å². The molecule has 3 heteroatoms. The van der Waals surface area contributed by atoms with Crippen molar-refractivity contribution < 1.29 is 38.3 Å². The molecule has 0 amide bonds. The number of hydrogen-bond acceptors (Lipinski definition) is 1. The zero-order chi connectivity index (χ0) is 10.6. The van der Waals surface area contributed by atoms with Crippen molar-refractivity contribution in [2.75, 3.05) is 0 Å². The van der Waals surface area contributed by atoms with E-state index < -0.39 is 0 Å². The predicted molar refractivity (Wildman–Crippen MR) is 66.3 cm³/mol. The van der Waals surface area contributed by atoms with Crippen molar-refractivity contribution >= 4 is 11.3 Å². The molecule has 0 saturated carbocycles. The Labute approximate surface area is 133 Å². The molecule has 0 nitrogen and oxygen atoms in total. The molecule has 0 atom stereocenters. The van der Waals surface area contributed by atoms with Crippen LogP contribution in [0.2, 0.25) is 0 Å². The Balaban J connectivity index is 0. The van der Waals surface area contributed by atoms with Crippen LogP contribution in [0.1, 0.15) is 12.8 Å². The minimum absolute atomic E-state index is 0. The minimum atomic E-state index is 0. The average molecular weight is 427 g/mol. The third-order valence-electron chi connectivity index (χ3n) is 1.55. The largest absolute Gasteiger partial charge is 4.00 e. The standard InChI is InChI=1S/2C5H5.C4H3S.ClH.Hf/c3*1-2-4-5-3-1;;/h2*1-3H,4H2;1-3H;1H;/q3*-1;;+4/p-1. The first kappa shape index (κ1) is 19.2. The topological polar surface area (TPSA) is 0 Å². The Kier molecular flexibility index (Phi) is 17.8. The molecule has 0 fully saturated rings. The minimum Gasteiger partial charge on any atom is -1.00 e. The summed E-state index contributed by atoms with van der Waals surface area (Å²) in [6.45, 7) is 0. The molecule has 2 aliphatic rings. The van der Waals surface area contributed by atoms with Gasteiger partial charge in [0.05, 0.1) is 0 Å². The van der Waals surface area contributed by atoms with Crippen molar-refractivity contribution in [1.82, 2.24) is 0 Å². The van der Waals surface area contributed by atoms with Gasteiger partial charge < -0.3 is 23.7 Å². The summed E-state index contributed by atoms with van der Waals surface area (Å²) in [7, 11) is 0. The van der Waals surface area contributed by atoms with Crippen LogP contribution in [0.3, 0.4) is 0 Å². The van der Waals surface area contributed by atoms with Crippen molar-refractivity contribution in [3.05, 3.63) is 71.5 Å². The summed E-state index contributed by atoms with van der Waals surface area (Å²) in [5.74, 6) is 0. The third kappa shape index (κ3) is 13.8. The van der Waals surface area contributed by atoms with E-state index >= 15 is 0 Å². The van der Waals surface area contributed by atoms with Crippen LogP contribution in [0.15, 0.2) is 54.0 Å². The number of halogens is 1. The molecule has 17 heavy (non-hydrogen) atoms. The van der Waals surface area contributed by atoms with Crippen LogP contribution in [0.25, 0.3) is 0 Å². The molecule has 3 rings (SSSR count). The van der Waals surface area contributed by atoms with Crippen LogP contribution >= 0.6 is 11.3 Å². The van der Waals surface area contributed by atoms with E-state index in [0.29, 0.717) is 0 Å². The van der Waals surface area contributed by atoms with Gasteiger partial charge in [0.2, 0.25) is 0 Å². The Bertz CT molecular complexity index is 278. The SMILES string of the molecule is [C-]1=CC=CC1.[C-]1=CC=CC1.[Cl-].[Hf+4].[c-]1cccs1. The van der Waals surface area contributed by atoms with Gasteiger partial charge in [0.25, 0.3) is 0 Å². The van der Waals surface area contributed by atoms with Crippen LogP contribution in [0, 0.1) is 17.5 Å². The smallest absolute Gasteiger partial charge is 1.00 e. The molecule has 1 heterocycles. The fourth-order valence-corrected chi connectivity index (χ4v) is 1.27. The average Bonchev–Trinajstić information content (AvgIpc) is 3.09. The Morgan fingerprint density at radius 2 is 1.53 bits per heavy atom. The molecule has 1 aromatic heterocycles. The predicted octanol–water partition coefficient (Wildman–Crippen LogP) is 1.16. The second-order valence-electron chi connectivity index (χ2n) is 2.74. The normalized spacial score (nSPS) is 12.7. The maximum Gasteiger partial charge on any atom is 4.00 e. The molecule has 0 aliphatic heterocycles. The zero-order valence-electron chi connectivity index (χ0n) is 9.40. The first-order valence-electron chi connectivity index (χ1n) is 4.83. The molecule has 0 spiro atoms. The number of allylic oxidation sites excluding steroid dienone is 8. The van der Waals surface area contributed by atoms with E-state index in [0.717, 1.165) is 12.8 Å². The molecule has 0 bridgehead atoms. The summed E-state index contributed by atoms with van der Waals surface area (Å²) >= 11 is 1.59. The third-order valence-corrected chi connectivity index (χ3v) is 2.12. The number of rotatable bonds is 0. The monoisotopic (exact) mass is 428 g/mol. The van der Waals surface area contributed by atoms with E-state index in [1.54, 1.807) is 11.3 Å². The van der Waals surface area contributed by atoms with E-state index in [1.165, 1.54) is 0 Å². The molecule has 0 saturated heterocycles. The summed E-state index contributed by atoms with van der Waals surface area (Å²) < 4.78 is 0. The summed E-state index contributed by atoms with van der Waals surface area (Å²) in [6, 6.07) is 3.86. The van der Waals surface area contributed by atoms with Crippen molar-refractivity contribution in [1.29, 1.82) is 0 Å². The van der Waals surface area contributed by atoms with Gasteiger partial charge in [-0.1, -0.05) is 0 Å². The van der Waals surface area contributed by atoms with Crippen LogP contribution in [0.5, 0.6) is 0 Å². The molecular weight excluding hydrogens is 414 g/mol. The van der Waals surface area contributed by atoms with Crippen molar-refractivity contribution in [3.8, 4) is 0 Å². The Hall–Kier alpha value is -0.180. The van der Waals surface area contributed by atoms with Crippen LogP contribution in [0.4, 0.5) is 0 Å². The molecule has 1 aromatic rings. The van der Waals surface area contributed by atoms with E-state index in [1.807, 2.05) is 41.8 Å². The second-order valence-corrected chi connectivity index (χ2v) is 3.48. The van der Waals surface area contributed by atoms with Gasteiger partial charge in [-0.25, -0.2) is 30.4 Å². The van der Waals surface area contributed by atoms with Gasteiger partial charge in [0, 0.05) is 0 Å². The molecular formula is C14H13ClHfS. The quantitative estimate of drug-likeness (QED) is 0.431. The molecule has 0 aromatic carbocycles. The number of thiophene rings is 1. The van der Waals surface area contributed by atoms with Crippen molar-refractivity contribution in [2.24, 2.45) is 0 Å². The Morgan fingerprint density at radius 3 is 1.65 bits per heavy atom. The van der Waals surface area contributed by atoms with Crippen LogP contribution < -0.4 is 12.4 Å². The van der Waals surface area contributed by atoms with E-state index in [-0.39, 0.29) is 38.3 Å². The molecule has 0 unspecified atom stereocenters. The van der Waals surface area contributed by atoms with Gasteiger partial charge in [-0.15, -0.1) is 18.2 Å². The number of hydrogen-bond donors (Lipinski definition) is 0. The van der Waals surface area contributed by atoms with Gasteiger partial charge in [-0.2, -0.15) is 23.6 Å². The fourth-order valence-electron chi connectivity index (χ4n) is 0.877. The fraction of sp³-hybridized carbons (Fsp3) is 0.143. The Morgan fingerprint density at radius 1 is 0.941 bits per heavy atom. The van der Waals surface area contributed by atoms with Crippen molar-refractivity contribution in [2.45, 2.75) is 12.8 Å². The summed E-state index contributed by atoms with van der Waals surface area (Å²) in [5, 5.41) is 4.89. The van der Waals surface area contributed by atoms with E-state index in [2.05, 4.69) is 29.7 Å². The molecule has 86 valence electrons. The maximum atomic E-state index is 2.99. The second kappa shape index (κ2) is 15.8. The molecule has 0 N–H and O–H groups in total. The summed E-state index contributed by atoms with van der Waals surface area (Å²) in [5.41, 5.74) is 0. The van der Waals surface area contributed by atoms with Crippen LogP contribution in [-0.4, -0.2) is 0 Å². The molecule has 2 aliphatic carbocycles.